The van der Waals surface area contributed by atoms with E-state index in [1.807, 2.05) is 0 Å². The number of thiol groups is 2. The summed E-state index contributed by atoms with van der Waals surface area (Å²) in [6, 6.07) is 3.36. The number of nitrogens with one attached hydrogen (secondary N) is 5. The van der Waals surface area contributed by atoms with E-state index in [0.717, 1.165) is 22.1 Å². The van der Waals surface area contributed by atoms with Crippen molar-refractivity contribution in [1.29, 1.82) is 0 Å². The molecule has 0 unspecified atom stereocenters. The number of fused-ring (bicyclic) bond motifs is 4. The smallest absolute Gasteiger partial charge is 0.412 e. The molecule has 85 heavy (non-hydrogen) atoms. The number of alkyl halides is 1. The highest BCUT2D eigenvalue weighted by Crippen LogP contribution is 2.61. The van der Waals surface area contributed by atoms with Crippen molar-refractivity contribution in [2.24, 2.45) is 23.5 Å². The van der Waals surface area contributed by atoms with Gasteiger partial charge in [0.2, 0.25) is 17.7 Å². The number of benzene rings is 1. The molecule has 1 aromatic carbocycles. The Bertz CT molecular complexity index is 3340. The number of carbonyl (C=O) groups is 6. The predicted molar refractivity (Wildman–Crippen MR) is 300 cm³/mol. The van der Waals surface area contributed by atoms with Gasteiger partial charge in [0.1, 0.15) is 80.7 Å². The van der Waals surface area contributed by atoms with Gasteiger partial charge in [-0.25, -0.2) is 63.7 Å². The van der Waals surface area contributed by atoms with Gasteiger partial charge in [0, 0.05) is 25.2 Å². The highest BCUT2D eigenvalue weighted by molar-refractivity contribution is 8.44. The van der Waals surface area contributed by atoms with Crippen molar-refractivity contribution in [2.45, 2.75) is 95.3 Å². The number of amides is 7. The summed E-state index contributed by atoms with van der Waals surface area (Å²) in [6.07, 6.45) is -6.48. The lowest BCUT2D eigenvalue weighted by Crippen LogP contribution is -2.55. The monoisotopic (exact) mass is 1270 g/mol. The first kappa shape index (κ1) is 64.1. The number of urea groups is 1. The number of hydrogen-bond donors (Lipinski definition) is 10. The van der Waals surface area contributed by atoms with Crippen molar-refractivity contribution in [3.63, 3.8) is 0 Å². The van der Waals surface area contributed by atoms with Crippen LogP contribution in [0.1, 0.15) is 51.6 Å². The summed E-state index contributed by atoms with van der Waals surface area (Å²) in [5.41, 5.74) is 12.5. The third-order valence-corrected chi connectivity index (χ3v) is 16.6. The number of hydrogen-bond acceptors (Lipinski definition) is 25. The number of imidazole rings is 2. The van der Waals surface area contributed by atoms with Gasteiger partial charge in [-0.05, 0) is 36.5 Å². The summed E-state index contributed by atoms with van der Waals surface area (Å²) in [7, 11) is 1.40. The second-order valence-electron chi connectivity index (χ2n) is 19.7. The Hall–Kier alpha value is -6.89. The summed E-state index contributed by atoms with van der Waals surface area (Å²) >= 11 is 8.34. The first-order chi connectivity index (χ1) is 40.4. The number of halogens is 1. The van der Waals surface area contributed by atoms with Gasteiger partial charge in [0.05, 0.1) is 32.4 Å². The maximum atomic E-state index is 16.7. The van der Waals surface area contributed by atoms with Gasteiger partial charge < -0.3 is 56.6 Å². The molecular formula is C46H62FN17O17P2S2. The molecule has 12 atom stereocenters. The van der Waals surface area contributed by atoms with E-state index >= 15 is 4.39 Å². The minimum absolute atomic E-state index is 0.0392. The Balaban J connectivity index is 0.814. The summed E-state index contributed by atoms with van der Waals surface area (Å²) in [6.45, 7) is -5.81. The zero-order valence-electron chi connectivity index (χ0n) is 45.7. The van der Waals surface area contributed by atoms with Crippen molar-refractivity contribution >= 4 is 114 Å². The number of primary amides is 1. The Labute approximate surface area is 492 Å². The molecule has 3 saturated heterocycles. The van der Waals surface area contributed by atoms with Crippen LogP contribution in [0.4, 0.5) is 36.1 Å². The molecule has 0 radical (unpaired) electrons. The van der Waals surface area contributed by atoms with Gasteiger partial charge >= 0.3 is 31.8 Å². The van der Waals surface area contributed by atoms with Gasteiger partial charge in [-0.1, -0.05) is 57.4 Å². The highest BCUT2D eigenvalue weighted by atomic mass is 32.7. The highest BCUT2D eigenvalue weighted by Gasteiger charge is 2.53. The van der Waals surface area contributed by atoms with E-state index in [0.29, 0.717) is 22.4 Å². The normalized spacial score (nSPS) is 25.8. The maximum Gasteiger partial charge on any atom is 0.412 e. The van der Waals surface area contributed by atoms with Crippen molar-refractivity contribution < 1.29 is 84.2 Å². The topological polar surface area (TPSA) is 448 Å². The molecule has 3 aliphatic heterocycles. The van der Waals surface area contributed by atoms with E-state index < -0.39 is 130 Å². The number of carbonyl (C=O) groups excluding carboxylic acids is 6. The number of ether oxygens (including phenoxy) is 4. The van der Waals surface area contributed by atoms with Crippen LogP contribution in [0.3, 0.4) is 0 Å². The number of likely N-dealkylation sites (N-methyl/N-ethyl adjacent to an activating group) is 1. The number of anilines is 3. The van der Waals surface area contributed by atoms with Crippen LogP contribution in [0.2, 0.25) is 0 Å². The Morgan fingerprint density at radius 3 is 2.13 bits per heavy atom. The van der Waals surface area contributed by atoms with E-state index in [2.05, 4.69) is 85.8 Å². The molecule has 462 valence electrons. The van der Waals surface area contributed by atoms with E-state index in [4.69, 9.17) is 54.4 Å². The number of rotatable bonds is 20. The lowest BCUT2D eigenvalue weighted by Gasteiger charge is -2.28. The van der Waals surface area contributed by atoms with Gasteiger partial charge in [-0.2, -0.15) is 0 Å². The third-order valence-electron chi connectivity index (χ3n) is 13.4. The van der Waals surface area contributed by atoms with Gasteiger partial charge in [-0.15, -0.1) is 0 Å². The van der Waals surface area contributed by atoms with Gasteiger partial charge in [0.15, 0.2) is 40.8 Å². The minimum atomic E-state index is -4.45. The number of aromatic nitrogens is 8. The molecule has 8 rings (SSSR count). The lowest BCUT2D eigenvalue weighted by atomic mass is 10.0. The van der Waals surface area contributed by atoms with Crippen molar-refractivity contribution in [1.82, 2.24) is 59.9 Å². The average molecular weight is 1270 g/mol. The average Bonchev–Trinajstić information content (AvgIpc) is 1.74. The van der Waals surface area contributed by atoms with Crippen LogP contribution in [-0.2, 0) is 72.0 Å². The second kappa shape index (κ2) is 28.1. The Morgan fingerprint density at radius 1 is 0.835 bits per heavy atom. The van der Waals surface area contributed by atoms with Crippen LogP contribution in [0.25, 0.3) is 22.3 Å². The van der Waals surface area contributed by atoms with Crippen LogP contribution < -0.4 is 43.9 Å². The molecule has 34 nitrogen and oxygen atoms in total. The molecule has 4 aromatic heterocycles. The molecule has 11 N–H and O–H groups in total. The van der Waals surface area contributed by atoms with Crippen molar-refractivity contribution in [2.75, 3.05) is 62.9 Å². The first-order valence-electron chi connectivity index (χ1n) is 26.0. The first-order valence-corrected chi connectivity index (χ1v) is 31.3. The van der Waals surface area contributed by atoms with E-state index in [-0.39, 0.29) is 67.9 Å². The fourth-order valence-electron chi connectivity index (χ4n) is 9.11. The summed E-state index contributed by atoms with van der Waals surface area (Å²) in [5, 5.41) is 12.7. The summed E-state index contributed by atoms with van der Waals surface area (Å²) in [5.74, 6) is 2.07. The molecular weight excluding hydrogens is 1210 g/mol. The summed E-state index contributed by atoms with van der Waals surface area (Å²) < 4.78 is 93.0. The molecule has 0 saturated carbocycles. The minimum Gasteiger partial charge on any atom is -0.447 e. The second-order valence-corrected chi connectivity index (χ2v) is 25.5. The zero-order valence-corrected chi connectivity index (χ0v) is 49.3. The van der Waals surface area contributed by atoms with E-state index in [1.54, 1.807) is 49.6 Å². The molecule has 7 amide bonds. The van der Waals surface area contributed by atoms with Crippen LogP contribution in [-0.4, -0.2) is 169 Å². The predicted octanol–water partition coefficient (Wildman–Crippen LogP) is 2.63. The zero-order chi connectivity index (χ0) is 61.3. The van der Waals surface area contributed by atoms with Crippen molar-refractivity contribution in [3.05, 3.63) is 55.1 Å². The fourth-order valence-corrected chi connectivity index (χ4v) is 12.1. The maximum absolute atomic E-state index is 16.7. The number of nitrogens with zero attached hydrogens (tertiary/aromatic N) is 9. The van der Waals surface area contributed by atoms with Crippen LogP contribution >= 0.6 is 38.1 Å². The number of nitrogen functional groups attached to an aromatic ring is 1. The SMILES string of the molecule is CC(C)[C@H](NC(=O)CON)C(=O)N[C@@H](CCCNC(N)=O)C(=O)Nc1ccc(COC(=O)N(C)CCOC(=O)Nc2ncnc3c2ncn3[C@@H]2O[C@@H]3CO[P@@](=O)(S)O[C@H]4[C@@H](C)[C@H](n5cnc6c(N)ncnc65)O[C@@H]4CO[P@@](=O)(S)O[C@H]3[C@H]2F)cc1. The molecule has 0 aliphatic carbocycles. The van der Waals surface area contributed by atoms with Gasteiger partial charge in [0.25, 0.3) is 0 Å². The quantitative estimate of drug-likeness (QED) is 0.0232. The molecule has 3 aliphatic rings. The Kier molecular flexibility index (Phi) is 21.2. The fraction of sp³-hybridized carbons (Fsp3) is 0.522. The lowest BCUT2D eigenvalue weighted by molar-refractivity contribution is -0.133. The van der Waals surface area contributed by atoms with Gasteiger partial charge in [-0.3, -0.25) is 51.8 Å². The molecule has 0 spiro atoms. The summed E-state index contributed by atoms with van der Waals surface area (Å²) in [4.78, 5) is 106. The molecule has 5 aromatic rings. The molecule has 39 heteroatoms. The largest absolute Gasteiger partial charge is 0.447 e. The van der Waals surface area contributed by atoms with E-state index in [9.17, 15) is 37.9 Å². The molecule has 3 fully saturated rings. The van der Waals surface area contributed by atoms with Crippen LogP contribution in [0, 0.1) is 11.8 Å². The van der Waals surface area contributed by atoms with Crippen LogP contribution in [0.5, 0.6) is 0 Å². The Morgan fingerprint density at radius 2 is 1.46 bits per heavy atom. The third kappa shape index (κ3) is 16.2. The standard InChI is InChI=1S/C46H62FN17O17P2S2/c1-22(2)31(60-29(65)17-75-50)41(67)59-26(6-5-11-51-44(49)68)40(66)58-25-9-7-24(8-10-25)14-74-46(70)62(4)12-13-73-45(69)61-37-33-39(55-19-53-37)64(21-57-33)43-30(47)35-28(79-43)16-77-82(71,84)80-34-23(3)42(78-27(34)15-76-83(72,85)81-35)63-20-56-32-36(48)52-18-54-38(32)63/h7-10,18-23,26-28,30-31,34-35,42-43H,5-6,11-17,50H2,1-4H3,(H,58,66)(H,59,67)(H,60,65)(H,71,84)(H,72,85)(H2,48,52,54)(H3,49,51,68)(H,53,55,61,69)/t23-,26+,27-,28-,30-,31+,34+,35-,42-,43-,82-,83-/m1/s1. The van der Waals surface area contributed by atoms with Crippen LogP contribution in [0.15, 0.2) is 49.6 Å². The molecule has 0 bridgehead atoms. The number of nitrogens with two attached hydrogens (primary N) is 3. The van der Waals surface area contributed by atoms with E-state index in [1.165, 1.54) is 19.7 Å². The van der Waals surface area contributed by atoms with Crippen molar-refractivity contribution in [3.8, 4) is 0 Å². The molecule has 7 heterocycles.